The zero-order chi connectivity index (χ0) is 10.8. The molecule has 1 fully saturated rings. The van der Waals surface area contributed by atoms with Gasteiger partial charge in [-0.15, -0.1) is 0 Å². The Labute approximate surface area is 86.6 Å². The molecule has 3 rings (SSSR count). The van der Waals surface area contributed by atoms with Gasteiger partial charge in [-0.05, 0) is 37.0 Å². The quantitative estimate of drug-likeness (QED) is 0.632. The molecule has 2 heteroatoms. The molecule has 0 amide bonds. The molecule has 1 saturated carbocycles. The molecule has 82 valence electrons. The highest BCUT2D eigenvalue weighted by molar-refractivity contribution is 5.21. The van der Waals surface area contributed by atoms with E-state index in [-0.39, 0.29) is 13.2 Å². The van der Waals surface area contributed by atoms with Crippen LogP contribution in [0.2, 0.25) is 0 Å². The minimum Gasteiger partial charge on any atom is -0.394 e. The second-order valence-corrected chi connectivity index (χ2v) is 4.94. The first-order valence-corrected chi connectivity index (χ1v) is 5.42. The molecule has 3 aliphatic rings. The predicted octanol–water partition coefficient (Wildman–Crippen LogP) is 1.97. The molecular formula is C12H22O2. The average molecular weight is 198 g/mol. The summed E-state index contributed by atoms with van der Waals surface area (Å²) in [5.74, 6) is 1.92. The highest BCUT2D eigenvalue weighted by Crippen LogP contribution is 2.58. The smallest absolute Gasteiger partial charge is 0.0662 e. The standard InChI is InChI=1S/C10H16.C2H6O2/c1-7-4-5-8-6-9(7)10(8,2)3;3-1-2-4/h4,8-9H,5-6H2,1-3H3;3-4H,1-2H2. The van der Waals surface area contributed by atoms with Crippen LogP contribution in [0.25, 0.3) is 0 Å². The van der Waals surface area contributed by atoms with Crippen molar-refractivity contribution in [3.8, 4) is 0 Å². The second kappa shape index (κ2) is 4.45. The summed E-state index contributed by atoms with van der Waals surface area (Å²) in [7, 11) is 0. The Morgan fingerprint density at radius 2 is 1.93 bits per heavy atom. The Morgan fingerprint density at radius 3 is 2.14 bits per heavy atom. The number of aliphatic hydroxyl groups excluding tert-OH is 2. The molecule has 0 saturated heterocycles. The van der Waals surface area contributed by atoms with Crippen molar-refractivity contribution >= 4 is 0 Å². The molecule has 2 bridgehead atoms. The van der Waals surface area contributed by atoms with Crippen LogP contribution in [0.4, 0.5) is 0 Å². The number of aliphatic hydroxyl groups is 2. The molecule has 0 aliphatic heterocycles. The van der Waals surface area contributed by atoms with Crippen LogP contribution in [0.1, 0.15) is 33.6 Å². The fraction of sp³-hybridized carbons (Fsp3) is 0.833. The summed E-state index contributed by atoms with van der Waals surface area (Å²) >= 11 is 0. The summed E-state index contributed by atoms with van der Waals surface area (Å²) in [6.07, 6.45) is 5.24. The van der Waals surface area contributed by atoms with Crippen molar-refractivity contribution in [1.82, 2.24) is 0 Å². The van der Waals surface area contributed by atoms with E-state index in [0.717, 1.165) is 11.8 Å². The number of hydrogen-bond acceptors (Lipinski definition) is 2. The van der Waals surface area contributed by atoms with Crippen LogP contribution in [-0.4, -0.2) is 23.4 Å². The molecule has 0 aromatic carbocycles. The van der Waals surface area contributed by atoms with E-state index >= 15 is 0 Å². The first-order valence-electron chi connectivity index (χ1n) is 5.42. The van der Waals surface area contributed by atoms with Crippen LogP contribution in [0.15, 0.2) is 11.6 Å². The molecule has 0 spiro atoms. The Hall–Kier alpha value is -0.340. The Bertz CT molecular complexity index is 216. The van der Waals surface area contributed by atoms with Gasteiger partial charge in [0.15, 0.2) is 0 Å². The van der Waals surface area contributed by atoms with E-state index in [9.17, 15) is 0 Å². The lowest BCUT2D eigenvalue weighted by Crippen LogP contribution is -2.47. The molecule has 3 aliphatic carbocycles. The Kier molecular flexibility index (Phi) is 3.73. The largest absolute Gasteiger partial charge is 0.394 e. The highest BCUT2D eigenvalue weighted by Gasteiger charge is 2.49. The van der Waals surface area contributed by atoms with Crippen molar-refractivity contribution in [3.05, 3.63) is 11.6 Å². The van der Waals surface area contributed by atoms with Crippen LogP contribution >= 0.6 is 0 Å². The van der Waals surface area contributed by atoms with Crippen LogP contribution < -0.4 is 0 Å². The molecule has 14 heavy (non-hydrogen) atoms. The fourth-order valence-corrected chi connectivity index (χ4v) is 2.66. The fourth-order valence-electron chi connectivity index (χ4n) is 2.66. The van der Waals surface area contributed by atoms with E-state index < -0.39 is 0 Å². The van der Waals surface area contributed by atoms with Crippen LogP contribution in [0.3, 0.4) is 0 Å². The van der Waals surface area contributed by atoms with Crippen molar-refractivity contribution in [2.75, 3.05) is 13.2 Å². The van der Waals surface area contributed by atoms with Crippen molar-refractivity contribution in [2.24, 2.45) is 17.3 Å². The van der Waals surface area contributed by atoms with Crippen molar-refractivity contribution in [1.29, 1.82) is 0 Å². The van der Waals surface area contributed by atoms with Gasteiger partial charge in [0.2, 0.25) is 0 Å². The first-order chi connectivity index (χ1) is 6.54. The molecule has 0 heterocycles. The predicted molar refractivity (Wildman–Crippen MR) is 57.9 cm³/mol. The van der Waals surface area contributed by atoms with Gasteiger partial charge in [-0.2, -0.15) is 0 Å². The molecule has 2 N–H and O–H groups in total. The Balaban J connectivity index is 0.000000213. The zero-order valence-electron chi connectivity index (χ0n) is 9.45. The maximum Gasteiger partial charge on any atom is 0.0662 e. The van der Waals surface area contributed by atoms with E-state index in [2.05, 4.69) is 26.8 Å². The van der Waals surface area contributed by atoms with E-state index in [0.29, 0.717) is 5.41 Å². The summed E-state index contributed by atoms with van der Waals surface area (Å²) < 4.78 is 0. The van der Waals surface area contributed by atoms with E-state index in [1.807, 2.05) is 0 Å². The lowest BCUT2D eigenvalue weighted by molar-refractivity contribution is -0.00579. The van der Waals surface area contributed by atoms with Gasteiger partial charge < -0.3 is 10.2 Å². The van der Waals surface area contributed by atoms with Gasteiger partial charge in [-0.25, -0.2) is 0 Å². The van der Waals surface area contributed by atoms with E-state index in [1.165, 1.54) is 12.8 Å². The summed E-state index contributed by atoms with van der Waals surface area (Å²) in [6, 6.07) is 0. The first kappa shape index (κ1) is 11.7. The van der Waals surface area contributed by atoms with Crippen LogP contribution in [0, 0.1) is 17.3 Å². The summed E-state index contributed by atoms with van der Waals surface area (Å²) in [6.45, 7) is 6.88. The third kappa shape index (κ3) is 2.01. The van der Waals surface area contributed by atoms with Gasteiger partial charge in [0, 0.05) is 0 Å². The van der Waals surface area contributed by atoms with Crippen molar-refractivity contribution < 1.29 is 10.2 Å². The molecular weight excluding hydrogens is 176 g/mol. The molecule has 0 radical (unpaired) electrons. The minimum absolute atomic E-state index is 0.125. The molecule has 0 aromatic rings. The van der Waals surface area contributed by atoms with Gasteiger partial charge in [-0.3, -0.25) is 0 Å². The SMILES string of the molecule is CC1=CCC2CC1C2(C)C.OCCO. The maximum atomic E-state index is 7.62. The van der Waals surface area contributed by atoms with Gasteiger partial charge in [0.25, 0.3) is 0 Å². The number of fused-ring (bicyclic) bond motifs is 1. The third-order valence-corrected chi connectivity index (χ3v) is 3.84. The van der Waals surface area contributed by atoms with Gasteiger partial charge in [0.1, 0.15) is 0 Å². The molecule has 2 atom stereocenters. The maximum absolute atomic E-state index is 7.62. The molecule has 2 unspecified atom stereocenters. The number of rotatable bonds is 1. The summed E-state index contributed by atoms with van der Waals surface area (Å²) in [4.78, 5) is 0. The summed E-state index contributed by atoms with van der Waals surface area (Å²) in [5, 5.41) is 15.2. The van der Waals surface area contributed by atoms with Gasteiger partial charge in [0.05, 0.1) is 13.2 Å². The van der Waals surface area contributed by atoms with E-state index in [1.54, 1.807) is 5.57 Å². The third-order valence-electron chi connectivity index (χ3n) is 3.84. The number of hydrogen-bond donors (Lipinski definition) is 2. The molecule has 0 aromatic heterocycles. The topological polar surface area (TPSA) is 40.5 Å². The van der Waals surface area contributed by atoms with Crippen molar-refractivity contribution in [3.63, 3.8) is 0 Å². The molecule has 2 nitrogen and oxygen atoms in total. The van der Waals surface area contributed by atoms with Crippen molar-refractivity contribution in [2.45, 2.75) is 33.6 Å². The monoisotopic (exact) mass is 198 g/mol. The lowest BCUT2D eigenvalue weighted by Gasteiger charge is -2.56. The average Bonchev–Trinajstić information content (AvgIpc) is 2.17. The second-order valence-electron chi connectivity index (χ2n) is 4.94. The van der Waals surface area contributed by atoms with Gasteiger partial charge >= 0.3 is 0 Å². The van der Waals surface area contributed by atoms with Gasteiger partial charge in [-0.1, -0.05) is 25.5 Å². The minimum atomic E-state index is -0.125. The van der Waals surface area contributed by atoms with Crippen LogP contribution in [-0.2, 0) is 0 Å². The number of allylic oxidation sites excluding steroid dienone is 2. The van der Waals surface area contributed by atoms with E-state index in [4.69, 9.17) is 10.2 Å². The normalized spacial score (nSPS) is 32.2. The summed E-state index contributed by atoms with van der Waals surface area (Å²) in [5.41, 5.74) is 2.28. The van der Waals surface area contributed by atoms with Crippen LogP contribution in [0.5, 0.6) is 0 Å². The Morgan fingerprint density at radius 1 is 1.36 bits per heavy atom. The lowest BCUT2D eigenvalue weighted by atomic mass is 9.49. The zero-order valence-corrected chi connectivity index (χ0v) is 9.45. The highest BCUT2D eigenvalue weighted by atomic mass is 16.3.